The number of benzene rings is 1. The van der Waals surface area contributed by atoms with Crippen LogP contribution in [0.25, 0.3) is 5.65 Å². The Labute approximate surface area is 117 Å². The highest BCUT2D eigenvalue weighted by Crippen LogP contribution is 2.26. The topological polar surface area (TPSA) is 59.5 Å². The number of nitrogens with zero attached hydrogens (tertiary/aromatic N) is 4. The van der Waals surface area contributed by atoms with Crippen molar-refractivity contribution in [3.8, 4) is 0 Å². The molecule has 2 N–H and O–H groups in total. The van der Waals surface area contributed by atoms with Gasteiger partial charge in [-0.3, -0.25) is 0 Å². The number of hydrogen-bond donors (Lipinski definition) is 1. The Kier molecular flexibility index (Phi) is 3.02. The van der Waals surface area contributed by atoms with Crippen LogP contribution in [0.3, 0.4) is 0 Å². The fourth-order valence-corrected chi connectivity index (χ4v) is 2.24. The van der Waals surface area contributed by atoms with E-state index in [4.69, 9.17) is 5.73 Å². The molecule has 2 heterocycles. The first kappa shape index (κ1) is 12.5. The minimum absolute atomic E-state index is 0.475. The molecule has 3 rings (SSSR count). The number of imidazole rings is 1. The molecule has 0 fully saturated rings. The van der Waals surface area contributed by atoms with E-state index in [1.165, 1.54) is 5.56 Å². The molecule has 3 aromatic rings. The lowest BCUT2D eigenvalue weighted by Gasteiger charge is -2.19. The Morgan fingerprint density at radius 3 is 2.70 bits per heavy atom. The molecule has 1 aromatic carbocycles. The lowest BCUT2D eigenvalue weighted by atomic mass is 10.1. The Morgan fingerprint density at radius 1 is 1.25 bits per heavy atom. The third-order valence-corrected chi connectivity index (χ3v) is 3.42. The van der Waals surface area contributed by atoms with Gasteiger partial charge in [0.2, 0.25) is 0 Å². The van der Waals surface area contributed by atoms with Crippen LogP contribution in [-0.2, 0) is 6.42 Å². The maximum Gasteiger partial charge on any atom is 0.180 e. The van der Waals surface area contributed by atoms with Gasteiger partial charge in [0.15, 0.2) is 11.5 Å². The molecular weight excluding hydrogens is 250 g/mol. The van der Waals surface area contributed by atoms with Crippen LogP contribution in [0.2, 0.25) is 0 Å². The zero-order valence-corrected chi connectivity index (χ0v) is 11.6. The van der Waals surface area contributed by atoms with E-state index in [2.05, 4.69) is 41.2 Å². The van der Waals surface area contributed by atoms with Gasteiger partial charge in [-0.25, -0.2) is 9.97 Å². The second-order valence-corrected chi connectivity index (χ2v) is 4.73. The first-order chi connectivity index (χ1) is 9.69. The molecule has 0 aliphatic rings. The summed E-state index contributed by atoms with van der Waals surface area (Å²) in [5.74, 6) is 1.22. The highest BCUT2D eigenvalue weighted by molar-refractivity contribution is 5.73. The molecule has 20 heavy (non-hydrogen) atoms. The number of fused-ring (bicyclic) bond motifs is 1. The summed E-state index contributed by atoms with van der Waals surface area (Å²) in [7, 11) is 1.97. The molecule has 0 unspecified atom stereocenters. The van der Waals surface area contributed by atoms with E-state index in [1.807, 2.05) is 22.5 Å². The zero-order valence-electron chi connectivity index (χ0n) is 11.6. The highest BCUT2D eigenvalue weighted by atomic mass is 15.2. The van der Waals surface area contributed by atoms with Gasteiger partial charge in [0, 0.05) is 25.1 Å². The quantitative estimate of drug-likeness (QED) is 0.792. The van der Waals surface area contributed by atoms with Crippen molar-refractivity contribution in [2.24, 2.45) is 0 Å². The minimum atomic E-state index is 0.475. The van der Waals surface area contributed by atoms with Crippen LogP contribution in [-0.4, -0.2) is 21.4 Å². The summed E-state index contributed by atoms with van der Waals surface area (Å²) in [6.07, 6.45) is 6.41. The molecule has 5 heteroatoms. The summed E-state index contributed by atoms with van der Waals surface area (Å²) < 4.78 is 1.88. The van der Waals surface area contributed by atoms with Crippen molar-refractivity contribution in [1.82, 2.24) is 14.4 Å². The number of nitrogen functional groups attached to an aromatic ring is 1. The van der Waals surface area contributed by atoms with Gasteiger partial charge in [-0.05, 0) is 24.1 Å². The first-order valence-electron chi connectivity index (χ1n) is 6.61. The molecule has 0 saturated carbocycles. The maximum atomic E-state index is 5.86. The van der Waals surface area contributed by atoms with E-state index >= 15 is 0 Å². The van der Waals surface area contributed by atoms with Crippen molar-refractivity contribution < 1.29 is 0 Å². The van der Waals surface area contributed by atoms with E-state index in [0.29, 0.717) is 5.82 Å². The van der Waals surface area contributed by atoms with Crippen LogP contribution in [0.5, 0.6) is 0 Å². The third-order valence-electron chi connectivity index (χ3n) is 3.42. The lowest BCUT2D eigenvalue weighted by molar-refractivity contribution is 1.07. The van der Waals surface area contributed by atoms with Crippen molar-refractivity contribution in [2.75, 3.05) is 17.7 Å². The Balaban J connectivity index is 2.06. The van der Waals surface area contributed by atoms with Gasteiger partial charge in [0.05, 0.1) is 6.20 Å². The van der Waals surface area contributed by atoms with Crippen molar-refractivity contribution in [1.29, 1.82) is 0 Å². The number of rotatable bonds is 3. The van der Waals surface area contributed by atoms with Crippen LogP contribution < -0.4 is 10.6 Å². The number of hydrogen-bond acceptors (Lipinski definition) is 4. The predicted molar refractivity (Wildman–Crippen MR) is 81.3 cm³/mol. The SMILES string of the molecule is CCc1ccc(N(C)c2nc(N)cn3ccnc23)cc1. The van der Waals surface area contributed by atoms with E-state index < -0.39 is 0 Å². The lowest BCUT2D eigenvalue weighted by Crippen LogP contribution is -2.14. The van der Waals surface area contributed by atoms with Crippen LogP contribution in [0.1, 0.15) is 12.5 Å². The molecule has 0 aliphatic heterocycles. The normalized spacial score (nSPS) is 10.9. The number of anilines is 3. The molecule has 0 saturated heterocycles. The van der Waals surface area contributed by atoms with Gasteiger partial charge in [0.25, 0.3) is 0 Å². The van der Waals surface area contributed by atoms with Gasteiger partial charge < -0.3 is 15.0 Å². The van der Waals surface area contributed by atoms with Crippen molar-refractivity contribution in [3.05, 3.63) is 48.4 Å². The molecule has 5 nitrogen and oxygen atoms in total. The van der Waals surface area contributed by atoms with Crippen LogP contribution >= 0.6 is 0 Å². The summed E-state index contributed by atoms with van der Waals surface area (Å²) in [5.41, 5.74) is 9.03. The van der Waals surface area contributed by atoms with E-state index in [-0.39, 0.29) is 0 Å². The maximum absolute atomic E-state index is 5.86. The van der Waals surface area contributed by atoms with Crippen LogP contribution in [0.15, 0.2) is 42.9 Å². The fourth-order valence-electron chi connectivity index (χ4n) is 2.24. The third kappa shape index (κ3) is 2.07. The van der Waals surface area contributed by atoms with Gasteiger partial charge in [0.1, 0.15) is 5.82 Å². The van der Waals surface area contributed by atoms with E-state index in [0.717, 1.165) is 23.6 Å². The standard InChI is InChI=1S/C15H17N5/c1-3-11-4-6-12(7-5-11)19(2)15-14-17-8-9-20(14)10-13(16)18-15/h4-10H,3,16H2,1-2H3. The van der Waals surface area contributed by atoms with Gasteiger partial charge >= 0.3 is 0 Å². The summed E-state index contributed by atoms with van der Waals surface area (Å²) >= 11 is 0. The molecule has 0 bridgehead atoms. The van der Waals surface area contributed by atoms with Gasteiger partial charge in [-0.2, -0.15) is 0 Å². The van der Waals surface area contributed by atoms with E-state index in [1.54, 1.807) is 12.4 Å². The fraction of sp³-hybridized carbons (Fsp3) is 0.200. The summed E-state index contributed by atoms with van der Waals surface area (Å²) in [6, 6.07) is 8.42. The average Bonchev–Trinajstić information content (AvgIpc) is 2.94. The summed E-state index contributed by atoms with van der Waals surface area (Å²) in [5, 5.41) is 0. The summed E-state index contributed by atoms with van der Waals surface area (Å²) in [6.45, 7) is 2.15. The second-order valence-electron chi connectivity index (χ2n) is 4.73. The monoisotopic (exact) mass is 267 g/mol. The first-order valence-corrected chi connectivity index (χ1v) is 6.61. The minimum Gasteiger partial charge on any atom is -0.382 e. The zero-order chi connectivity index (χ0) is 14.1. The van der Waals surface area contributed by atoms with Crippen LogP contribution in [0, 0.1) is 0 Å². The van der Waals surface area contributed by atoms with Gasteiger partial charge in [-0.1, -0.05) is 19.1 Å². The number of aryl methyl sites for hydroxylation is 1. The van der Waals surface area contributed by atoms with Crippen molar-refractivity contribution in [2.45, 2.75) is 13.3 Å². The summed E-state index contributed by atoms with van der Waals surface area (Å²) in [4.78, 5) is 10.8. The Bertz CT molecular complexity index is 730. The second kappa shape index (κ2) is 4.85. The molecule has 0 aliphatic carbocycles. The van der Waals surface area contributed by atoms with Crippen molar-refractivity contribution in [3.63, 3.8) is 0 Å². The van der Waals surface area contributed by atoms with Crippen molar-refractivity contribution >= 4 is 23.0 Å². The predicted octanol–water partition coefficient (Wildman–Crippen LogP) is 2.64. The largest absolute Gasteiger partial charge is 0.382 e. The highest BCUT2D eigenvalue weighted by Gasteiger charge is 2.12. The molecule has 0 radical (unpaired) electrons. The molecule has 0 amide bonds. The van der Waals surface area contributed by atoms with Gasteiger partial charge in [-0.15, -0.1) is 0 Å². The molecule has 0 spiro atoms. The Morgan fingerprint density at radius 2 is 2.00 bits per heavy atom. The number of nitrogens with two attached hydrogens (primary N) is 1. The molecule has 102 valence electrons. The molecule has 0 atom stereocenters. The number of aromatic nitrogens is 3. The molecule has 2 aromatic heterocycles. The van der Waals surface area contributed by atoms with Crippen LogP contribution in [0.4, 0.5) is 17.3 Å². The smallest absolute Gasteiger partial charge is 0.180 e. The van der Waals surface area contributed by atoms with E-state index in [9.17, 15) is 0 Å². The Hall–Kier alpha value is -2.56. The molecular formula is C15H17N5. The average molecular weight is 267 g/mol.